The third-order valence-electron chi connectivity index (χ3n) is 5.97. The van der Waals surface area contributed by atoms with E-state index in [1.165, 1.54) is 5.56 Å². The van der Waals surface area contributed by atoms with Crippen molar-refractivity contribution in [2.75, 3.05) is 20.2 Å². The zero-order chi connectivity index (χ0) is 22.3. The minimum absolute atomic E-state index is 0.0837. The number of amides is 1. The summed E-state index contributed by atoms with van der Waals surface area (Å²) in [6.07, 6.45) is 1.82. The van der Waals surface area contributed by atoms with Crippen molar-refractivity contribution in [2.24, 2.45) is 0 Å². The predicted octanol–water partition coefficient (Wildman–Crippen LogP) is 4.63. The first-order valence-electron chi connectivity index (χ1n) is 10.9. The fourth-order valence-corrected chi connectivity index (χ4v) is 4.26. The number of piperidine rings is 1. The van der Waals surface area contributed by atoms with Crippen LogP contribution in [0.4, 0.5) is 0 Å². The van der Waals surface area contributed by atoms with Crippen molar-refractivity contribution in [2.45, 2.75) is 25.4 Å². The minimum Gasteiger partial charge on any atom is -0.497 e. The number of rotatable bonds is 6. The van der Waals surface area contributed by atoms with E-state index < -0.39 is 0 Å². The van der Waals surface area contributed by atoms with E-state index >= 15 is 0 Å². The molecule has 1 amide bonds. The fraction of sp³-hybridized carbons (Fsp3) is 0.259. The number of carbonyl (C=O) groups is 1. The van der Waals surface area contributed by atoms with E-state index in [-0.39, 0.29) is 11.9 Å². The summed E-state index contributed by atoms with van der Waals surface area (Å²) in [5.74, 6) is 0.792. The molecule has 5 nitrogen and oxygen atoms in total. The van der Waals surface area contributed by atoms with E-state index in [9.17, 15) is 10.1 Å². The maximum Gasteiger partial charge on any atom is 0.252 e. The maximum atomic E-state index is 13.1. The van der Waals surface area contributed by atoms with Crippen LogP contribution >= 0.6 is 0 Å². The number of hydrogen-bond donors (Lipinski definition) is 1. The third-order valence-corrected chi connectivity index (χ3v) is 5.97. The van der Waals surface area contributed by atoms with Gasteiger partial charge in [0.05, 0.1) is 18.7 Å². The smallest absolute Gasteiger partial charge is 0.252 e. The first-order valence-corrected chi connectivity index (χ1v) is 10.9. The molecule has 0 aliphatic carbocycles. The summed E-state index contributed by atoms with van der Waals surface area (Å²) in [4.78, 5) is 15.5. The van der Waals surface area contributed by atoms with Crippen LogP contribution in [0.15, 0.2) is 72.8 Å². The van der Waals surface area contributed by atoms with E-state index in [1.807, 2.05) is 54.6 Å². The largest absolute Gasteiger partial charge is 0.497 e. The van der Waals surface area contributed by atoms with Crippen LogP contribution in [0.1, 0.15) is 34.3 Å². The Bertz CT molecular complexity index is 1130. The summed E-state index contributed by atoms with van der Waals surface area (Å²) in [7, 11) is 1.68. The number of nitrogens with one attached hydrogen (secondary N) is 1. The molecule has 4 rings (SSSR count). The molecule has 162 valence electrons. The number of likely N-dealkylation sites (tertiary alicyclic amines) is 1. The van der Waals surface area contributed by atoms with Crippen LogP contribution in [-0.2, 0) is 6.54 Å². The molecule has 1 heterocycles. The first kappa shape index (κ1) is 21.6. The lowest BCUT2D eigenvalue weighted by atomic mass is 9.95. The van der Waals surface area contributed by atoms with Crippen molar-refractivity contribution in [1.82, 2.24) is 10.2 Å². The Hall–Kier alpha value is -3.62. The predicted molar refractivity (Wildman–Crippen MR) is 125 cm³/mol. The van der Waals surface area contributed by atoms with Gasteiger partial charge in [-0.1, -0.05) is 48.5 Å². The molecule has 1 fully saturated rings. The minimum atomic E-state index is -0.0837. The third kappa shape index (κ3) is 4.99. The Balaban J connectivity index is 1.39. The molecule has 0 radical (unpaired) electrons. The number of benzene rings is 3. The van der Waals surface area contributed by atoms with Crippen LogP contribution in [0, 0.1) is 11.3 Å². The Morgan fingerprint density at radius 3 is 2.50 bits per heavy atom. The Kier molecular flexibility index (Phi) is 6.84. The van der Waals surface area contributed by atoms with Crippen LogP contribution in [-0.4, -0.2) is 37.0 Å². The van der Waals surface area contributed by atoms with Crippen molar-refractivity contribution < 1.29 is 9.53 Å². The average molecular weight is 426 g/mol. The van der Waals surface area contributed by atoms with Crippen LogP contribution in [0.3, 0.4) is 0 Å². The highest BCUT2D eigenvalue weighted by molar-refractivity contribution is 6.01. The van der Waals surface area contributed by atoms with E-state index in [1.54, 1.807) is 13.2 Å². The molecule has 0 atom stereocenters. The first-order chi connectivity index (χ1) is 15.7. The van der Waals surface area contributed by atoms with Gasteiger partial charge in [-0.2, -0.15) is 5.26 Å². The van der Waals surface area contributed by atoms with Gasteiger partial charge < -0.3 is 10.1 Å². The van der Waals surface area contributed by atoms with Gasteiger partial charge in [0.1, 0.15) is 5.75 Å². The summed E-state index contributed by atoms with van der Waals surface area (Å²) in [6, 6.07) is 25.4. The van der Waals surface area contributed by atoms with Gasteiger partial charge >= 0.3 is 0 Å². The lowest BCUT2D eigenvalue weighted by Crippen LogP contribution is -2.44. The fourth-order valence-electron chi connectivity index (χ4n) is 4.26. The van der Waals surface area contributed by atoms with Crippen molar-refractivity contribution in [1.29, 1.82) is 5.26 Å². The van der Waals surface area contributed by atoms with Crippen LogP contribution in [0.2, 0.25) is 0 Å². The van der Waals surface area contributed by atoms with E-state index in [4.69, 9.17) is 4.74 Å². The van der Waals surface area contributed by atoms with Gasteiger partial charge in [0.2, 0.25) is 0 Å². The van der Waals surface area contributed by atoms with Gasteiger partial charge in [0.25, 0.3) is 5.91 Å². The standard InChI is InChI=1S/C27H27N3O2/c1-32-23-9-6-7-20(17-23)19-30-15-13-22(14-16-30)29-27(31)26-12-5-4-11-25(26)24-10-3-2-8-21(24)18-28/h2-12,17,22H,13-16,19H2,1H3,(H,29,31). The second-order valence-corrected chi connectivity index (χ2v) is 8.08. The van der Waals surface area contributed by atoms with E-state index in [0.717, 1.165) is 49.4 Å². The van der Waals surface area contributed by atoms with Crippen LogP contribution in [0.5, 0.6) is 5.75 Å². The zero-order valence-corrected chi connectivity index (χ0v) is 18.3. The average Bonchev–Trinajstić information content (AvgIpc) is 2.85. The second kappa shape index (κ2) is 10.1. The number of hydrogen-bond acceptors (Lipinski definition) is 4. The van der Waals surface area contributed by atoms with Gasteiger partial charge in [0.15, 0.2) is 0 Å². The second-order valence-electron chi connectivity index (χ2n) is 8.08. The Labute approximate surface area is 189 Å². The normalized spacial score (nSPS) is 14.5. The number of nitrogens with zero attached hydrogens (tertiary/aromatic N) is 2. The highest BCUT2D eigenvalue weighted by atomic mass is 16.5. The molecule has 0 saturated carbocycles. The van der Waals surface area contributed by atoms with Gasteiger partial charge in [0, 0.05) is 36.8 Å². The lowest BCUT2D eigenvalue weighted by Gasteiger charge is -2.32. The molecule has 1 saturated heterocycles. The molecular formula is C27H27N3O2. The molecule has 0 aromatic heterocycles. The van der Waals surface area contributed by atoms with Crippen LogP contribution in [0.25, 0.3) is 11.1 Å². The molecule has 32 heavy (non-hydrogen) atoms. The van der Waals surface area contributed by atoms with E-state index in [2.05, 4.69) is 28.4 Å². The quantitative estimate of drug-likeness (QED) is 0.625. The lowest BCUT2D eigenvalue weighted by molar-refractivity contribution is 0.0909. The highest BCUT2D eigenvalue weighted by Gasteiger charge is 2.23. The van der Waals surface area contributed by atoms with Gasteiger partial charge in [-0.15, -0.1) is 0 Å². The molecule has 5 heteroatoms. The zero-order valence-electron chi connectivity index (χ0n) is 18.3. The number of nitriles is 1. The van der Waals surface area contributed by atoms with Gasteiger partial charge in [-0.25, -0.2) is 0 Å². The summed E-state index contributed by atoms with van der Waals surface area (Å²) < 4.78 is 5.32. The summed E-state index contributed by atoms with van der Waals surface area (Å²) in [6.45, 7) is 2.74. The molecule has 0 bridgehead atoms. The molecule has 3 aromatic carbocycles. The summed E-state index contributed by atoms with van der Waals surface area (Å²) >= 11 is 0. The molecule has 1 N–H and O–H groups in total. The number of carbonyl (C=O) groups excluding carboxylic acids is 1. The number of methoxy groups -OCH3 is 1. The van der Waals surface area contributed by atoms with Crippen LogP contribution < -0.4 is 10.1 Å². The molecule has 3 aromatic rings. The molecule has 1 aliphatic heterocycles. The van der Waals surface area contributed by atoms with Gasteiger partial charge in [-0.3, -0.25) is 9.69 Å². The Morgan fingerprint density at radius 2 is 1.75 bits per heavy atom. The van der Waals surface area contributed by atoms with Crippen molar-refractivity contribution in [3.05, 3.63) is 89.5 Å². The molecular weight excluding hydrogens is 398 g/mol. The molecule has 0 unspecified atom stereocenters. The van der Waals surface area contributed by atoms with Gasteiger partial charge in [-0.05, 0) is 48.2 Å². The SMILES string of the molecule is COc1cccc(CN2CCC(NC(=O)c3ccccc3-c3ccccc3C#N)CC2)c1. The number of ether oxygens (including phenoxy) is 1. The Morgan fingerprint density at radius 1 is 1.03 bits per heavy atom. The molecule has 1 aliphatic rings. The van der Waals surface area contributed by atoms with Crippen molar-refractivity contribution in [3.8, 4) is 22.9 Å². The topological polar surface area (TPSA) is 65.4 Å². The molecule has 0 spiro atoms. The van der Waals surface area contributed by atoms with Crippen molar-refractivity contribution >= 4 is 5.91 Å². The van der Waals surface area contributed by atoms with E-state index in [0.29, 0.717) is 11.1 Å². The summed E-state index contributed by atoms with van der Waals surface area (Å²) in [5, 5.41) is 12.7. The van der Waals surface area contributed by atoms with Crippen molar-refractivity contribution in [3.63, 3.8) is 0 Å². The summed E-state index contributed by atoms with van der Waals surface area (Å²) in [5.41, 5.74) is 3.98. The maximum absolute atomic E-state index is 13.1. The monoisotopic (exact) mass is 425 g/mol. The highest BCUT2D eigenvalue weighted by Crippen LogP contribution is 2.27.